The molecular formula is C27H18F3NO3. The second kappa shape index (κ2) is 9.62. The summed E-state index contributed by atoms with van der Waals surface area (Å²) in [7, 11) is 0. The van der Waals surface area contributed by atoms with Crippen LogP contribution < -0.4 is 10.1 Å². The molecule has 0 atom stereocenters. The van der Waals surface area contributed by atoms with Crippen LogP contribution in [0.15, 0.2) is 84.9 Å². The third-order valence-corrected chi connectivity index (χ3v) is 5.14. The van der Waals surface area contributed by atoms with Crippen LogP contribution >= 0.6 is 0 Å². The van der Waals surface area contributed by atoms with Gasteiger partial charge < -0.3 is 10.1 Å². The number of anilines is 1. The lowest BCUT2D eigenvalue weighted by atomic mass is 10.0. The van der Waals surface area contributed by atoms with Gasteiger partial charge in [-0.1, -0.05) is 24.3 Å². The molecule has 0 aromatic heterocycles. The van der Waals surface area contributed by atoms with Gasteiger partial charge in [-0.25, -0.2) is 18.0 Å². The first-order chi connectivity index (χ1) is 16.3. The molecule has 170 valence electrons. The normalized spacial score (nSPS) is 10.6. The predicted octanol–water partition coefficient (Wildman–Crippen LogP) is 6.55. The van der Waals surface area contributed by atoms with Crippen LogP contribution in [-0.2, 0) is 0 Å². The van der Waals surface area contributed by atoms with Crippen LogP contribution in [0.4, 0.5) is 18.9 Å². The fourth-order valence-electron chi connectivity index (χ4n) is 3.34. The summed E-state index contributed by atoms with van der Waals surface area (Å²) in [5, 5.41) is 2.76. The molecule has 0 heterocycles. The number of hydrogen-bond acceptors (Lipinski definition) is 3. The van der Waals surface area contributed by atoms with Gasteiger partial charge in [0.1, 0.15) is 23.2 Å². The van der Waals surface area contributed by atoms with E-state index in [0.717, 1.165) is 29.8 Å². The van der Waals surface area contributed by atoms with Gasteiger partial charge in [0.25, 0.3) is 5.91 Å². The molecule has 4 nitrogen and oxygen atoms in total. The molecule has 1 N–H and O–H groups in total. The number of aryl methyl sites for hydroxylation is 1. The van der Waals surface area contributed by atoms with Gasteiger partial charge in [0.15, 0.2) is 0 Å². The third kappa shape index (κ3) is 4.99. The molecule has 0 radical (unpaired) electrons. The fraction of sp³-hybridized carbons (Fsp3) is 0.0370. The van der Waals surface area contributed by atoms with Crippen molar-refractivity contribution >= 4 is 17.6 Å². The first kappa shape index (κ1) is 22.8. The first-order valence-electron chi connectivity index (χ1n) is 10.3. The minimum absolute atomic E-state index is 0.0417. The third-order valence-electron chi connectivity index (χ3n) is 5.14. The summed E-state index contributed by atoms with van der Waals surface area (Å²) >= 11 is 0. The molecule has 0 saturated carbocycles. The number of carbonyl (C=O) groups is 2. The van der Waals surface area contributed by atoms with Crippen molar-refractivity contribution < 1.29 is 27.5 Å². The maximum atomic E-state index is 14.4. The number of esters is 1. The highest BCUT2D eigenvalue weighted by atomic mass is 19.1. The maximum Gasteiger partial charge on any atom is 0.343 e. The van der Waals surface area contributed by atoms with Crippen molar-refractivity contribution in [2.24, 2.45) is 0 Å². The molecule has 0 aliphatic carbocycles. The van der Waals surface area contributed by atoms with E-state index in [1.54, 1.807) is 12.1 Å². The van der Waals surface area contributed by atoms with Crippen molar-refractivity contribution in [3.05, 3.63) is 119 Å². The number of rotatable bonds is 5. The van der Waals surface area contributed by atoms with Gasteiger partial charge in [0.05, 0.1) is 11.1 Å². The summed E-state index contributed by atoms with van der Waals surface area (Å²) < 4.78 is 46.4. The number of amides is 1. The van der Waals surface area contributed by atoms with E-state index in [-0.39, 0.29) is 28.0 Å². The second-order valence-corrected chi connectivity index (χ2v) is 7.50. The molecule has 0 aliphatic rings. The van der Waals surface area contributed by atoms with Crippen LogP contribution in [0.5, 0.6) is 5.75 Å². The summed E-state index contributed by atoms with van der Waals surface area (Å²) in [4.78, 5) is 25.7. The highest BCUT2D eigenvalue weighted by Gasteiger charge is 2.20. The summed E-state index contributed by atoms with van der Waals surface area (Å²) in [6.07, 6.45) is 0. The van der Waals surface area contributed by atoms with Crippen LogP contribution in [0.1, 0.15) is 26.3 Å². The molecule has 0 saturated heterocycles. The Balaban J connectivity index is 1.73. The van der Waals surface area contributed by atoms with Crippen molar-refractivity contribution in [1.82, 2.24) is 0 Å². The Morgan fingerprint density at radius 1 is 0.794 bits per heavy atom. The Labute approximate surface area is 193 Å². The molecule has 0 aliphatic heterocycles. The summed E-state index contributed by atoms with van der Waals surface area (Å²) in [6, 6.07) is 19.1. The summed E-state index contributed by atoms with van der Waals surface area (Å²) in [6.45, 7) is 1.81. The highest BCUT2D eigenvalue weighted by Crippen LogP contribution is 2.30. The Hall–Kier alpha value is -4.39. The Morgan fingerprint density at radius 3 is 2.21 bits per heavy atom. The van der Waals surface area contributed by atoms with Gasteiger partial charge in [-0.15, -0.1) is 0 Å². The lowest BCUT2D eigenvalue weighted by molar-refractivity contribution is 0.0733. The van der Waals surface area contributed by atoms with Gasteiger partial charge in [-0.3, -0.25) is 4.79 Å². The van der Waals surface area contributed by atoms with Gasteiger partial charge in [-0.2, -0.15) is 0 Å². The van der Waals surface area contributed by atoms with Crippen LogP contribution in [0, 0.1) is 24.4 Å². The largest absolute Gasteiger partial charge is 0.422 e. The van der Waals surface area contributed by atoms with Crippen molar-refractivity contribution in [2.75, 3.05) is 5.32 Å². The molecule has 4 aromatic carbocycles. The molecule has 4 rings (SSSR count). The average Bonchev–Trinajstić information content (AvgIpc) is 2.81. The zero-order valence-corrected chi connectivity index (χ0v) is 17.9. The van der Waals surface area contributed by atoms with E-state index in [4.69, 9.17) is 4.74 Å². The predicted molar refractivity (Wildman–Crippen MR) is 122 cm³/mol. The van der Waals surface area contributed by atoms with Gasteiger partial charge in [0.2, 0.25) is 0 Å². The summed E-state index contributed by atoms with van der Waals surface area (Å²) in [5.74, 6) is -3.52. The minimum atomic E-state index is -0.804. The molecule has 0 spiro atoms. The Kier molecular flexibility index (Phi) is 6.45. The lowest BCUT2D eigenvalue weighted by Gasteiger charge is -2.14. The van der Waals surface area contributed by atoms with E-state index in [9.17, 15) is 22.8 Å². The number of nitrogens with one attached hydrogen (secondary N) is 1. The van der Waals surface area contributed by atoms with E-state index < -0.39 is 29.3 Å². The molecule has 7 heteroatoms. The standard InChI is InChI=1S/C27H18F3NO3/c1-16-4-2-3-5-24(16)31-26(32)22-14-18(21-12-11-20(29)15-23(21)30)8-13-25(22)34-27(33)17-6-9-19(28)10-7-17/h2-15H,1H3,(H,31,32). The van der Waals surface area contributed by atoms with E-state index >= 15 is 0 Å². The molecule has 34 heavy (non-hydrogen) atoms. The quantitative estimate of drug-likeness (QED) is 0.271. The maximum absolute atomic E-state index is 14.4. The molecule has 0 fully saturated rings. The van der Waals surface area contributed by atoms with E-state index in [2.05, 4.69) is 5.32 Å². The number of benzene rings is 4. The Bertz CT molecular complexity index is 1380. The zero-order valence-electron chi connectivity index (χ0n) is 17.9. The fourth-order valence-corrected chi connectivity index (χ4v) is 3.34. The SMILES string of the molecule is Cc1ccccc1NC(=O)c1cc(-c2ccc(F)cc2F)ccc1OC(=O)c1ccc(F)cc1. The lowest BCUT2D eigenvalue weighted by Crippen LogP contribution is -2.17. The molecule has 1 amide bonds. The number of hydrogen-bond donors (Lipinski definition) is 1. The zero-order chi connectivity index (χ0) is 24.2. The number of halogens is 3. The van der Waals surface area contributed by atoms with Crippen molar-refractivity contribution in [3.63, 3.8) is 0 Å². The Morgan fingerprint density at radius 2 is 1.50 bits per heavy atom. The topological polar surface area (TPSA) is 55.4 Å². The van der Waals surface area contributed by atoms with Gasteiger partial charge in [0, 0.05) is 17.3 Å². The molecule has 4 aromatic rings. The number of carbonyl (C=O) groups excluding carboxylic acids is 2. The monoisotopic (exact) mass is 461 g/mol. The first-order valence-corrected chi connectivity index (χ1v) is 10.3. The second-order valence-electron chi connectivity index (χ2n) is 7.50. The summed E-state index contributed by atoms with van der Waals surface area (Å²) in [5.41, 5.74) is 1.75. The van der Waals surface area contributed by atoms with E-state index in [1.807, 2.05) is 19.1 Å². The van der Waals surface area contributed by atoms with Crippen molar-refractivity contribution in [3.8, 4) is 16.9 Å². The molecule has 0 bridgehead atoms. The van der Waals surface area contributed by atoms with Crippen LogP contribution in [-0.4, -0.2) is 11.9 Å². The smallest absolute Gasteiger partial charge is 0.343 e. The van der Waals surface area contributed by atoms with E-state index in [1.165, 1.54) is 36.4 Å². The van der Waals surface area contributed by atoms with Gasteiger partial charge in [-0.05, 0) is 72.6 Å². The molecular weight excluding hydrogens is 443 g/mol. The van der Waals surface area contributed by atoms with Crippen molar-refractivity contribution in [1.29, 1.82) is 0 Å². The number of para-hydroxylation sites is 1. The minimum Gasteiger partial charge on any atom is -0.422 e. The van der Waals surface area contributed by atoms with Crippen LogP contribution in [0.3, 0.4) is 0 Å². The van der Waals surface area contributed by atoms with Crippen LogP contribution in [0.25, 0.3) is 11.1 Å². The van der Waals surface area contributed by atoms with Crippen LogP contribution in [0.2, 0.25) is 0 Å². The van der Waals surface area contributed by atoms with E-state index in [0.29, 0.717) is 5.69 Å². The highest BCUT2D eigenvalue weighted by molar-refractivity contribution is 6.08. The number of ether oxygens (including phenoxy) is 1. The average molecular weight is 461 g/mol. The van der Waals surface area contributed by atoms with Crippen molar-refractivity contribution in [2.45, 2.75) is 6.92 Å². The van der Waals surface area contributed by atoms with Gasteiger partial charge >= 0.3 is 5.97 Å². The molecule has 0 unspecified atom stereocenters.